The maximum absolute atomic E-state index is 12.4. The highest BCUT2D eigenvalue weighted by Gasteiger charge is 2.24. The molecule has 0 amide bonds. The molecule has 0 aliphatic heterocycles. The Labute approximate surface area is 139 Å². The van der Waals surface area contributed by atoms with Crippen molar-refractivity contribution in [2.75, 3.05) is 7.05 Å². The minimum atomic E-state index is -0.900. The Bertz CT molecular complexity index is 883. The van der Waals surface area contributed by atoms with Crippen LogP contribution in [0.3, 0.4) is 0 Å². The lowest BCUT2D eigenvalue weighted by molar-refractivity contribution is -0.386. The molecule has 2 rings (SSSR count). The van der Waals surface area contributed by atoms with Crippen LogP contribution in [0.2, 0.25) is 0 Å². The molecule has 0 aliphatic carbocycles. The first kappa shape index (κ1) is 16.9. The Kier molecular flexibility index (Phi) is 4.76. The molecular weight excluding hydrogens is 336 g/mol. The van der Waals surface area contributed by atoms with Gasteiger partial charge in [0.2, 0.25) is 11.5 Å². The lowest BCUT2D eigenvalue weighted by atomic mass is 10.0. The third-order valence-corrected chi connectivity index (χ3v) is 3.65. The van der Waals surface area contributed by atoms with Crippen molar-refractivity contribution in [3.05, 3.63) is 50.0 Å². The number of nitro groups is 1. The molecule has 0 fully saturated rings. The minimum absolute atomic E-state index is 0.000343. The summed E-state index contributed by atoms with van der Waals surface area (Å²) in [4.78, 5) is 26.3. The van der Waals surface area contributed by atoms with E-state index in [1.807, 2.05) is 0 Å². The van der Waals surface area contributed by atoms with E-state index in [2.05, 4.69) is 10.3 Å². The van der Waals surface area contributed by atoms with E-state index >= 15 is 0 Å². The van der Waals surface area contributed by atoms with Crippen molar-refractivity contribution in [3.63, 3.8) is 0 Å². The monoisotopic (exact) mass is 346 g/mol. The number of aromatic hydroxyl groups is 2. The van der Waals surface area contributed by atoms with Crippen LogP contribution >= 0.6 is 11.3 Å². The molecule has 3 N–H and O–H groups in total. The summed E-state index contributed by atoms with van der Waals surface area (Å²) in [5.41, 5.74) is 0.368. The topological polar surface area (TPSA) is 149 Å². The standard InChI is InChI=1S/C14H10N4O5S/c1-16-12(8(4-15)13(20)9-5-24-6-17-9)7-2-10(18(22)23)14(21)11(19)3-7/h2-3,5-6,16,19,21H,1H3/b12-8-. The Morgan fingerprint density at radius 1 is 1.46 bits per heavy atom. The molecule has 0 saturated carbocycles. The largest absolute Gasteiger partial charge is 0.504 e. The van der Waals surface area contributed by atoms with Crippen LogP contribution in [-0.2, 0) is 0 Å². The number of carbonyl (C=O) groups excluding carboxylic acids is 1. The van der Waals surface area contributed by atoms with Crippen LogP contribution in [0.4, 0.5) is 5.69 Å². The van der Waals surface area contributed by atoms with Gasteiger partial charge in [-0.05, 0) is 6.07 Å². The van der Waals surface area contributed by atoms with Gasteiger partial charge in [-0.15, -0.1) is 11.3 Å². The SMILES string of the molecule is CN/C(=C(/C#N)C(=O)c1cscn1)c1cc(O)c(O)c([N+](=O)[O-])c1. The van der Waals surface area contributed by atoms with Crippen LogP contribution < -0.4 is 5.32 Å². The second-order valence-electron chi connectivity index (χ2n) is 4.43. The molecule has 10 heteroatoms. The van der Waals surface area contributed by atoms with Crippen molar-refractivity contribution < 1.29 is 19.9 Å². The van der Waals surface area contributed by atoms with Crippen LogP contribution in [0.25, 0.3) is 5.70 Å². The number of nitriles is 1. The summed E-state index contributed by atoms with van der Waals surface area (Å²) in [5.74, 6) is -2.31. The predicted octanol–water partition coefficient (Wildman–Crippen LogP) is 1.80. The number of benzene rings is 1. The number of ketones is 1. The van der Waals surface area contributed by atoms with E-state index in [-0.39, 0.29) is 22.5 Å². The van der Waals surface area contributed by atoms with Crippen molar-refractivity contribution >= 4 is 28.5 Å². The third kappa shape index (κ3) is 3.01. The van der Waals surface area contributed by atoms with Gasteiger partial charge in [-0.1, -0.05) is 0 Å². The molecule has 0 atom stereocenters. The number of hydrogen-bond acceptors (Lipinski definition) is 9. The third-order valence-electron chi connectivity index (χ3n) is 3.06. The molecule has 0 saturated heterocycles. The molecule has 0 bridgehead atoms. The molecule has 1 heterocycles. The van der Waals surface area contributed by atoms with E-state index in [0.717, 1.165) is 12.1 Å². The Balaban J connectivity index is 2.68. The van der Waals surface area contributed by atoms with Gasteiger partial charge in [0.05, 0.1) is 16.1 Å². The first-order chi connectivity index (χ1) is 11.4. The van der Waals surface area contributed by atoms with Crippen molar-refractivity contribution in [2.45, 2.75) is 0 Å². The van der Waals surface area contributed by atoms with Crippen LogP contribution in [0.15, 0.2) is 28.6 Å². The molecule has 2 aromatic rings. The zero-order valence-corrected chi connectivity index (χ0v) is 13.0. The fourth-order valence-corrected chi connectivity index (χ4v) is 2.51. The second-order valence-corrected chi connectivity index (χ2v) is 5.15. The maximum atomic E-state index is 12.4. The fraction of sp³-hybridized carbons (Fsp3) is 0.0714. The number of allylic oxidation sites excluding steroid dienone is 1. The molecule has 9 nitrogen and oxygen atoms in total. The summed E-state index contributed by atoms with van der Waals surface area (Å²) < 4.78 is 0. The van der Waals surface area contributed by atoms with Crippen LogP contribution in [-0.4, -0.2) is 33.0 Å². The number of nitrogens with zero attached hydrogens (tertiary/aromatic N) is 3. The molecule has 24 heavy (non-hydrogen) atoms. The molecule has 1 aromatic heterocycles. The summed E-state index contributed by atoms with van der Waals surface area (Å²) in [6.45, 7) is 0. The molecule has 1 aromatic carbocycles. The Hall–Kier alpha value is -3.45. The van der Waals surface area contributed by atoms with Gasteiger partial charge in [-0.3, -0.25) is 14.9 Å². The van der Waals surface area contributed by atoms with Crippen LogP contribution in [0.1, 0.15) is 16.1 Å². The van der Waals surface area contributed by atoms with Gasteiger partial charge in [0.15, 0.2) is 5.75 Å². The van der Waals surface area contributed by atoms with Gasteiger partial charge in [-0.2, -0.15) is 5.26 Å². The van der Waals surface area contributed by atoms with Crippen LogP contribution in [0, 0.1) is 21.4 Å². The fourth-order valence-electron chi connectivity index (χ4n) is 1.97. The molecule has 0 radical (unpaired) electrons. The van der Waals surface area contributed by atoms with Gasteiger partial charge in [0.1, 0.15) is 17.3 Å². The number of hydrogen-bond donors (Lipinski definition) is 3. The van der Waals surface area contributed by atoms with Crippen molar-refractivity contribution in [1.29, 1.82) is 5.26 Å². The van der Waals surface area contributed by atoms with Gasteiger partial charge in [-0.25, -0.2) is 4.98 Å². The quantitative estimate of drug-likeness (QED) is 0.185. The molecule has 0 spiro atoms. The number of carbonyl (C=O) groups is 1. The predicted molar refractivity (Wildman–Crippen MR) is 84.5 cm³/mol. The highest BCUT2D eigenvalue weighted by atomic mass is 32.1. The first-order valence-electron chi connectivity index (χ1n) is 6.36. The zero-order valence-electron chi connectivity index (χ0n) is 12.2. The molecular formula is C14H10N4O5S. The summed E-state index contributed by atoms with van der Waals surface area (Å²) in [6.07, 6.45) is 0. The summed E-state index contributed by atoms with van der Waals surface area (Å²) in [6, 6.07) is 3.71. The summed E-state index contributed by atoms with van der Waals surface area (Å²) in [5, 5.41) is 43.6. The number of rotatable bonds is 5. The van der Waals surface area contributed by atoms with Gasteiger partial charge in [0.25, 0.3) is 0 Å². The molecule has 0 aliphatic rings. The minimum Gasteiger partial charge on any atom is -0.504 e. The van der Waals surface area contributed by atoms with Gasteiger partial charge in [0, 0.05) is 24.1 Å². The average molecular weight is 346 g/mol. The Morgan fingerprint density at radius 2 is 2.17 bits per heavy atom. The van der Waals surface area contributed by atoms with Crippen molar-refractivity contribution in [1.82, 2.24) is 10.3 Å². The number of phenolic OH excluding ortho intramolecular Hbond substituents is 2. The van der Waals surface area contributed by atoms with E-state index in [0.29, 0.717) is 0 Å². The van der Waals surface area contributed by atoms with E-state index in [4.69, 9.17) is 0 Å². The molecule has 0 unspecified atom stereocenters. The lowest BCUT2D eigenvalue weighted by Gasteiger charge is -2.11. The number of phenols is 2. The first-order valence-corrected chi connectivity index (χ1v) is 7.30. The Morgan fingerprint density at radius 3 is 2.67 bits per heavy atom. The summed E-state index contributed by atoms with van der Waals surface area (Å²) >= 11 is 1.17. The maximum Gasteiger partial charge on any atom is 0.315 e. The highest BCUT2D eigenvalue weighted by molar-refractivity contribution is 7.07. The van der Waals surface area contributed by atoms with E-state index in [1.54, 1.807) is 6.07 Å². The summed E-state index contributed by atoms with van der Waals surface area (Å²) in [7, 11) is 1.41. The molecule has 122 valence electrons. The second kappa shape index (κ2) is 6.76. The van der Waals surface area contributed by atoms with Gasteiger partial charge < -0.3 is 15.5 Å². The van der Waals surface area contributed by atoms with Gasteiger partial charge >= 0.3 is 5.69 Å². The zero-order chi connectivity index (χ0) is 17.9. The van der Waals surface area contributed by atoms with Crippen molar-refractivity contribution in [2.24, 2.45) is 0 Å². The van der Waals surface area contributed by atoms with Crippen molar-refractivity contribution in [3.8, 4) is 17.6 Å². The number of thiazole rings is 1. The average Bonchev–Trinajstić information content (AvgIpc) is 3.08. The number of Topliss-reactive ketones (excluding diaryl/α,β-unsaturated/α-hetero) is 1. The van der Waals surface area contributed by atoms with E-state index in [9.17, 15) is 30.4 Å². The number of nitro benzene ring substituents is 1. The van der Waals surface area contributed by atoms with E-state index in [1.165, 1.54) is 29.3 Å². The smallest absolute Gasteiger partial charge is 0.315 e. The number of nitrogens with one attached hydrogen (secondary N) is 1. The lowest BCUT2D eigenvalue weighted by Crippen LogP contribution is -2.14. The highest BCUT2D eigenvalue weighted by Crippen LogP contribution is 2.38. The number of aromatic nitrogens is 1. The van der Waals surface area contributed by atoms with E-state index < -0.39 is 27.9 Å². The normalized spacial score (nSPS) is 11.3. The van der Waals surface area contributed by atoms with Crippen LogP contribution in [0.5, 0.6) is 11.5 Å².